The molecular formula is C46H28S. The molecule has 0 N–H and O–H groups in total. The molecule has 0 radical (unpaired) electrons. The van der Waals surface area contributed by atoms with Crippen LogP contribution < -0.4 is 0 Å². The summed E-state index contributed by atoms with van der Waals surface area (Å²) in [4.78, 5) is 0. The molecule has 10 aromatic rings. The van der Waals surface area contributed by atoms with Gasteiger partial charge in [0.15, 0.2) is 0 Å². The van der Waals surface area contributed by atoms with Gasteiger partial charge in [-0.2, -0.15) is 0 Å². The maximum atomic E-state index is 2.43. The van der Waals surface area contributed by atoms with Crippen LogP contribution in [-0.4, -0.2) is 0 Å². The average Bonchev–Trinajstić information content (AvgIpc) is 3.51. The Morgan fingerprint density at radius 3 is 1.57 bits per heavy atom. The standard InChI is InChI=1S/C46H28S/c1-2-15-30(16-3-1)42-35-21-8-10-23-37(35)43(38-24-11-9-22-36(38)42)39-26-13-27-41-44(39)40-28-31-17-5-7-20-33(31)45(46(40)47-41)34-25-12-18-29-14-4-6-19-32(29)34/h1-28H. The molecule has 1 aromatic heterocycles. The van der Waals surface area contributed by atoms with E-state index in [4.69, 9.17) is 0 Å². The zero-order chi connectivity index (χ0) is 30.9. The summed E-state index contributed by atoms with van der Waals surface area (Å²) in [6.45, 7) is 0. The van der Waals surface area contributed by atoms with Gasteiger partial charge in [0.2, 0.25) is 0 Å². The molecule has 0 nitrogen and oxygen atoms in total. The predicted molar refractivity (Wildman–Crippen MR) is 206 cm³/mol. The van der Waals surface area contributed by atoms with Gasteiger partial charge in [-0.1, -0.05) is 158 Å². The van der Waals surface area contributed by atoms with E-state index in [1.165, 1.54) is 96.6 Å². The Morgan fingerprint density at radius 1 is 0.319 bits per heavy atom. The topological polar surface area (TPSA) is 0 Å². The molecule has 0 saturated carbocycles. The lowest BCUT2D eigenvalue weighted by Gasteiger charge is -2.18. The molecule has 47 heavy (non-hydrogen) atoms. The van der Waals surface area contributed by atoms with Crippen LogP contribution in [-0.2, 0) is 0 Å². The Kier molecular flexibility index (Phi) is 5.85. The molecule has 0 unspecified atom stereocenters. The summed E-state index contributed by atoms with van der Waals surface area (Å²) in [6.07, 6.45) is 0. The Morgan fingerprint density at radius 2 is 0.851 bits per heavy atom. The van der Waals surface area contributed by atoms with E-state index in [1.807, 2.05) is 11.3 Å². The summed E-state index contributed by atoms with van der Waals surface area (Å²) in [7, 11) is 0. The predicted octanol–water partition coefficient (Wildman–Crippen LogP) is 13.7. The van der Waals surface area contributed by atoms with Gasteiger partial charge in [0.1, 0.15) is 0 Å². The lowest BCUT2D eigenvalue weighted by atomic mass is 9.84. The fraction of sp³-hybridized carbons (Fsp3) is 0. The first-order valence-corrected chi connectivity index (χ1v) is 17.0. The fourth-order valence-corrected chi connectivity index (χ4v) is 9.16. The molecule has 9 aromatic carbocycles. The first-order chi connectivity index (χ1) is 23.3. The third kappa shape index (κ3) is 3.94. The lowest BCUT2D eigenvalue weighted by Crippen LogP contribution is -1.91. The number of hydrogen-bond acceptors (Lipinski definition) is 1. The van der Waals surface area contributed by atoms with Crippen molar-refractivity contribution in [3.8, 4) is 33.4 Å². The van der Waals surface area contributed by atoms with Gasteiger partial charge in [-0.25, -0.2) is 0 Å². The van der Waals surface area contributed by atoms with Gasteiger partial charge >= 0.3 is 0 Å². The van der Waals surface area contributed by atoms with Crippen molar-refractivity contribution in [3.63, 3.8) is 0 Å². The zero-order valence-electron chi connectivity index (χ0n) is 25.6. The van der Waals surface area contributed by atoms with E-state index in [9.17, 15) is 0 Å². The first kappa shape index (κ1) is 26.5. The van der Waals surface area contributed by atoms with Crippen LogP contribution in [0, 0.1) is 0 Å². The van der Waals surface area contributed by atoms with Crippen molar-refractivity contribution >= 4 is 74.6 Å². The monoisotopic (exact) mass is 612 g/mol. The average molecular weight is 613 g/mol. The van der Waals surface area contributed by atoms with Crippen molar-refractivity contribution in [1.82, 2.24) is 0 Å². The molecule has 0 aliphatic heterocycles. The highest BCUT2D eigenvalue weighted by Gasteiger charge is 2.22. The Labute approximate surface area is 276 Å². The van der Waals surface area contributed by atoms with Crippen molar-refractivity contribution in [2.45, 2.75) is 0 Å². The van der Waals surface area contributed by atoms with Gasteiger partial charge < -0.3 is 0 Å². The fourth-order valence-electron chi connectivity index (χ4n) is 7.88. The van der Waals surface area contributed by atoms with E-state index in [-0.39, 0.29) is 0 Å². The summed E-state index contributed by atoms with van der Waals surface area (Å²) in [5, 5.41) is 12.9. The van der Waals surface area contributed by atoms with Gasteiger partial charge in [-0.3, -0.25) is 0 Å². The maximum Gasteiger partial charge on any atom is 0.0440 e. The third-order valence-corrected chi connectivity index (χ3v) is 11.0. The van der Waals surface area contributed by atoms with Crippen molar-refractivity contribution in [1.29, 1.82) is 0 Å². The van der Waals surface area contributed by atoms with Gasteiger partial charge in [0, 0.05) is 25.7 Å². The molecule has 0 fully saturated rings. The van der Waals surface area contributed by atoms with Crippen LogP contribution in [0.15, 0.2) is 170 Å². The molecule has 0 amide bonds. The Hall–Kier alpha value is -5.76. The van der Waals surface area contributed by atoms with Crippen LogP contribution in [0.25, 0.3) is 96.6 Å². The van der Waals surface area contributed by atoms with Crippen molar-refractivity contribution < 1.29 is 0 Å². The second-order valence-electron chi connectivity index (χ2n) is 12.4. The van der Waals surface area contributed by atoms with E-state index in [2.05, 4.69) is 170 Å². The highest BCUT2D eigenvalue weighted by atomic mass is 32.1. The molecule has 218 valence electrons. The van der Waals surface area contributed by atoms with Crippen molar-refractivity contribution in [3.05, 3.63) is 170 Å². The second-order valence-corrected chi connectivity index (χ2v) is 13.4. The first-order valence-electron chi connectivity index (χ1n) is 16.2. The van der Waals surface area contributed by atoms with Crippen LogP contribution in [0.4, 0.5) is 0 Å². The molecular weight excluding hydrogens is 585 g/mol. The van der Waals surface area contributed by atoms with Crippen molar-refractivity contribution in [2.75, 3.05) is 0 Å². The molecule has 1 heterocycles. The Bertz CT molecular complexity index is 2780. The number of hydrogen-bond donors (Lipinski definition) is 0. The van der Waals surface area contributed by atoms with Gasteiger partial charge in [0.05, 0.1) is 0 Å². The highest BCUT2D eigenvalue weighted by Crippen LogP contribution is 2.51. The van der Waals surface area contributed by atoms with Crippen LogP contribution in [0.5, 0.6) is 0 Å². The van der Waals surface area contributed by atoms with Crippen LogP contribution in [0.2, 0.25) is 0 Å². The largest absolute Gasteiger partial charge is 0.134 e. The molecule has 10 rings (SSSR count). The summed E-state index contributed by atoms with van der Waals surface area (Å²) in [5.74, 6) is 0. The quantitative estimate of drug-likeness (QED) is 0.174. The molecule has 1 heteroatoms. The molecule has 0 aliphatic carbocycles. The molecule has 0 aliphatic rings. The van der Waals surface area contributed by atoms with E-state index >= 15 is 0 Å². The normalized spacial score (nSPS) is 11.8. The summed E-state index contributed by atoms with van der Waals surface area (Å²) in [6, 6.07) is 62.6. The number of thiophene rings is 1. The molecule has 0 saturated heterocycles. The second kappa shape index (κ2) is 10.4. The number of fused-ring (bicyclic) bond motifs is 7. The SMILES string of the molecule is c1ccc(-c2c3ccccc3c(-c3cccc4sc5c(-c6cccc7ccccc67)c6ccccc6cc5c34)c3ccccc23)cc1. The van der Waals surface area contributed by atoms with Crippen molar-refractivity contribution in [2.24, 2.45) is 0 Å². The summed E-state index contributed by atoms with van der Waals surface area (Å²) < 4.78 is 2.66. The van der Waals surface area contributed by atoms with Crippen LogP contribution in [0.3, 0.4) is 0 Å². The van der Waals surface area contributed by atoms with E-state index in [0.717, 1.165) is 0 Å². The third-order valence-electron chi connectivity index (χ3n) is 9.83. The number of rotatable bonds is 3. The zero-order valence-corrected chi connectivity index (χ0v) is 26.4. The number of benzene rings is 9. The lowest BCUT2D eigenvalue weighted by molar-refractivity contribution is 1.67. The summed E-state index contributed by atoms with van der Waals surface area (Å²) in [5.41, 5.74) is 7.77. The van der Waals surface area contributed by atoms with E-state index in [0.29, 0.717) is 0 Å². The van der Waals surface area contributed by atoms with E-state index in [1.54, 1.807) is 0 Å². The Balaban J connectivity index is 1.38. The molecule has 0 atom stereocenters. The van der Waals surface area contributed by atoms with E-state index < -0.39 is 0 Å². The van der Waals surface area contributed by atoms with Crippen LogP contribution in [0.1, 0.15) is 0 Å². The van der Waals surface area contributed by atoms with Gasteiger partial charge in [0.25, 0.3) is 0 Å². The van der Waals surface area contributed by atoms with Gasteiger partial charge in [-0.15, -0.1) is 11.3 Å². The maximum absolute atomic E-state index is 2.43. The molecule has 0 spiro atoms. The molecule has 0 bridgehead atoms. The smallest absolute Gasteiger partial charge is 0.0440 e. The van der Waals surface area contributed by atoms with Gasteiger partial charge in [-0.05, 0) is 83.0 Å². The minimum absolute atomic E-state index is 1.25. The minimum atomic E-state index is 1.25. The minimum Gasteiger partial charge on any atom is -0.134 e. The van der Waals surface area contributed by atoms with Crippen LogP contribution >= 0.6 is 11.3 Å². The highest BCUT2D eigenvalue weighted by molar-refractivity contribution is 7.26. The summed E-state index contributed by atoms with van der Waals surface area (Å²) >= 11 is 1.93.